The Hall–Kier alpha value is -0.120. The van der Waals surface area contributed by atoms with Gasteiger partial charge in [0.05, 0.1) is 13.2 Å². The Balaban J connectivity index is 2.61. The third kappa shape index (κ3) is 2.47. The van der Waals surface area contributed by atoms with Gasteiger partial charge in [-0.2, -0.15) is 0 Å². The summed E-state index contributed by atoms with van der Waals surface area (Å²) >= 11 is 0. The Labute approximate surface area is 87.6 Å². The van der Waals surface area contributed by atoms with E-state index in [4.69, 9.17) is 10.5 Å². The molecule has 0 aromatic carbocycles. The molecule has 0 aliphatic carbocycles. The molecule has 1 aliphatic heterocycles. The lowest BCUT2D eigenvalue weighted by molar-refractivity contribution is -0.0238. The van der Waals surface area contributed by atoms with E-state index in [9.17, 15) is 0 Å². The Kier molecular flexibility index (Phi) is 3.93. The van der Waals surface area contributed by atoms with E-state index >= 15 is 0 Å². The van der Waals surface area contributed by atoms with Gasteiger partial charge in [0.25, 0.3) is 0 Å². The van der Waals surface area contributed by atoms with Crippen molar-refractivity contribution in [1.82, 2.24) is 4.90 Å². The fourth-order valence-electron chi connectivity index (χ4n) is 2.17. The van der Waals surface area contributed by atoms with Crippen LogP contribution in [0.1, 0.15) is 27.7 Å². The first-order valence-corrected chi connectivity index (χ1v) is 5.54. The smallest absolute Gasteiger partial charge is 0.0594 e. The Morgan fingerprint density at radius 1 is 1.21 bits per heavy atom. The number of ether oxygens (including phenoxy) is 1. The van der Waals surface area contributed by atoms with Crippen LogP contribution in [-0.2, 0) is 4.74 Å². The number of morpholine rings is 1. The zero-order valence-electron chi connectivity index (χ0n) is 9.92. The molecule has 0 radical (unpaired) electrons. The number of nitrogens with two attached hydrogens (primary N) is 1. The minimum absolute atomic E-state index is 0.0813. The van der Waals surface area contributed by atoms with Gasteiger partial charge in [0.15, 0.2) is 0 Å². The highest BCUT2D eigenvalue weighted by molar-refractivity contribution is 4.93. The number of hydrogen-bond acceptors (Lipinski definition) is 3. The van der Waals surface area contributed by atoms with Crippen molar-refractivity contribution in [2.45, 2.75) is 39.3 Å². The standard InChI is InChI=1S/C11H24N2O/c1-9(2)10(12)11(3,4)13-5-7-14-8-6-13/h9-10H,5-8,12H2,1-4H3. The summed E-state index contributed by atoms with van der Waals surface area (Å²) in [5.41, 5.74) is 6.32. The molecule has 84 valence electrons. The summed E-state index contributed by atoms with van der Waals surface area (Å²) in [6.07, 6.45) is 0. The first-order valence-electron chi connectivity index (χ1n) is 5.54. The van der Waals surface area contributed by atoms with Gasteiger partial charge in [-0.25, -0.2) is 0 Å². The summed E-state index contributed by atoms with van der Waals surface area (Å²) in [5.74, 6) is 0.521. The summed E-state index contributed by atoms with van der Waals surface area (Å²) in [5, 5.41) is 0. The molecule has 1 atom stereocenters. The molecule has 1 unspecified atom stereocenters. The van der Waals surface area contributed by atoms with Crippen LogP contribution in [0.25, 0.3) is 0 Å². The van der Waals surface area contributed by atoms with Crippen LogP contribution >= 0.6 is 0 Å². The summed E-state index contributed by atoms with van der Waals surface area (Å²) in [6.45, 7) is 12.6. The minimum Gasteiger partial charge on any atom is -0.379 e. The van der Waals surface area contributed by atoms with E-state index in [1.807, 2.05) is 0 Å². The van der Waals surface area contributed by atoms with E-state index in [0.29, 0.717) is 5.92 Å². The maximum atomic E-state index is 6.24. The molecule has 0 aromatic heterocycles. The highest BCUT2D eigenvalue weighted by atomic mass is 16.5. The molecular weight excluding hydrogens is 176 g/mol. The quantitative estimate of drug-likeness (QED) is 0.741. The third-order valence-corrected chi connectivity index (χ3v) is 3.36. The van der Waals surface area contributed by atoms with Crippen molar-refractivity contribution in [3.05, 3.63) is 0 Å². The second kappa shape index (κ2) is 4.60. The highest BCUT2D eigenvalue weighted by Gasteiger charge is 2.35. The third-order valence-electron chi connectivity index (χ3n) is 3.36. The minimum atomic E-state index is 0.0813. The number of nitrogens with zero attached hydrogens (tertiary/aromatic N) is 1. The fraction of sp³-hybridized carbons (Fsp3) is 1.00. The summed E-state index contributed by atoms with van der Waals surface area (Å²) in [6, 6.07) is 0.223. The topological polar surface area (TPSA) is 38.5 Å². The van der Waals surface area contributed by atoms with Crippen molar-refractivity contribution in [3.63, 3.8) is 0 Å². The maximum Gasteiger partial charge on any atom is 0.0594 e. The van der Waals surface area contributed by atoms with Crippen LogP contribution in [0.3, 0.4) is 0 Å². The lowest BCUT2D eigenvalue weighted by Crippen LogP contribution is -2.60. The van der Waals surface area contributed by atoms with E-state index in [-0.39, 0.29) is 11.6 Å². The lowest BCUT2D eigenvalue weighted by Gasteiger charge is -2.45. The van der Waals surface area contributed by atoms with Crippen molar-refractivity contribution < 1.29 is 4.74 Å². The Morgan fingerprint density at radius 3 is 2.14 bits per heavy atom. The van der Waals surface area contributed by atoms with E-state index < -0.39 is 0 Å². The SMILES string of the molecule is CC(C)C(N)C(C)(C)N1CCOCC1. The molecule has 1 rings (SSSR count). The molecule has 1 heterocycles. The predicted molar refractivity (Wildman–Crippen MR) is 59.3 cm³/mol. The van der Waals surface area contributed by atoms with Crippen LogP contribution in [0.15, 0.2) is 0 Å². The molecule has 0 aromatic rings. The molecule has 0 amide bonds. The molecule has 0 bridgehead atoms. The van der Waals surface area contributed by atoms with Crippen LogP contribution in [0.4, 0.5) is 0 Å². The average Bonchev–Trinajstić information content (AvgIpc) is 2.18. The van der Waals surface area contributed by atoms with E-state index in [1.54, 1.807) is 0 Å². The van der Waals surface area contributed by atoms with Gasteiger partial charge in [0.1, 0.15) is 0 Å². The van der Waals surface area contributed by atoms with Gasteiger partial charge in [-0.05, 0) is 19.8 Å². The zero-order chi connectivity index (χ0) is 10.8. The molecule has 1 saturated heterocycles. The monoisotopic (exact) mass is 200 g/mol. The Bertz CT molecular complexity index is 174. The van der Waals surface area contributed by atoms with Crippen LogP contribution < -0.4 is 5.73 Å². The van der Waals surface area contributed by atoms with E-state index in [0.717, 1.165) is 26.3 Å². The van der Waals surface area contributed by atoms with Gasteiger partial charge in [-0.15, -0.1) is 0 Å². The summed E-state index contributed by atoms with van der Waals surface area (Å²) < 4.78 is 5.35. The molecule has 14 heavy (non-hydrogen) atoms. The van der Waals surface area contributed by atoms with Crippen molar-refractivity contribution >= 4 is 0 Å². The summed E-state index contributed by atoms with van der Waals surface area (Å²) in [4.78, 5) is 2.45. The molecule has 1 fully saturated rings. The average molecular weight is 200 g/mol. The fourth-order valence-corrected chi connectivity index (χ4v) is 2.17. The molecule has 3 nitrogen and oxygen atoms in total. The molecular formula is C11H24N2O. The van der Waals surface area contributed by atoms with Crippen LogP contribution in [0.5, 0.6) is 0 Å². The second-order valence-electron chi connectivity index (χ2n) is 5.02. The number of hydrogen-bond donors (Lipinski definition) is 1. The molecule has 3 heteroatoms. The van der Waals surface area contributed by atoms with Gasteiger partial charge in [0, 0.05) is 24.7 Å². The van der Waals surface area contributed by atoms with Crippen molar-refractivity contribution in [1.29, 1.82) is 0 Å². The molecule has 2 N–H and O–H groups in total. The van der Waals surface area contributed by atoms with Gasteiger partial charge in [0.2, 0.25) is 0 Å². The first kappa shape index (κ1) is 12.0. The van der Waals surface area contributed by atoms with Crippen molar-refractivity contribution in [2.24, 2.45) is 11.7 Å². The first-order chi connectivity index (χ1) is 6.46. The van der Waals surface area contributed by atoms with Crippen LogP contribution in [0, 0.1) is 5.92 Å². The molecule has 0 spiro atoms. The largest absolute Gasteiger partial charge is 0.379 e. The summed E-state index contributed by atoms with van der Waals surface area (Å²) in [7, 11) is 0. The normalized spacial score (nSPS) is 22.7. The van der Waals surface area contributed by atoms with Gasteiger partial charge in [-0.1, -0.05) is 13.8 Å². The van der Waals surface area contributed by atoms with Crippen molar-refractivity contribution in [3.8, 4) is 0 Å². The second-order valence-corrected chi connectivity index (χ2v) is 5.02. The Morgan fingerprint density at radius 2 is 1.71 bits per heavy atom. The van der Waals surface area contributed by atoms with E-state index in [1.165, 1.54) is 0 Å². The maximum absolute atomic E-state index is 6.24. The zero-order valence-corrected chi connectivity index (χ0v) is 9.92. The van der Waals surface area contributed by atoms with Crippen LogP contribution in [0.2, 0.25) is 0 Å². The van der Waals surface area contributed by atoms with E-state index in [2.05, 4.69) is 32.6 Å². The van der Waals surface area contributed by atoms with Crippen LogP contribution in [-0.4, -0.2) is 42.8 Å². The van der Waals surface area contributed by atoms with Gasteiger partial charge >= 0.3 is 0 Å². The molecule has 0 saturated carbocycles. The highest BCUT2D eigenvalue weighted by Crippen LogP contribution is 2.23. The number of rotatable bonds is 3. The molecule has 1 aliphatic rings. The van der Waals surface area contributed by atoms with Gasteiger partial charge in [-0.3, -0.25) is 4.90 Å². The van der Waals surface area contributed by atoms with Crippen molar-refractivity contribution in [2.75, 3.05) is 26.3 Å². The lowest BCUT2D eigenvalue weighted by atomic mass is 9.85. The van der Waals surface area contributed by atoms with Gasteiger partial charge < -0.3 is 10.5 Å². The predicted octanol–water partition coefficient (Wildman–Crippen LogP) is 1.08.